The summed E-state index contributed by atoms with van der Waals surface area (Å²) in [5.41, 5.74) is 0.821. The van der Waals surface area contributed by atoms with Gasteiger partial charge in [-0.05, 0) is 25.0 Å². The average Bonchev–Trinajstić information content (AvgIpc) is 2.64. The van der Waals surface area contributed by atoms with E-state index in [1.807, 2.05) is 0 Å². The summed E-state index contributed by atoms with van der Waals surface area (Å²) >= 11 is 3.91. The van der Waals surface area contributed by atoms with Gasteiger partial charge in [-0.2, -0.15) is 12.6 Å². The molecule has 100 valence electrons. The Bertz CT molecular complexity index is 508. The number of carboxylic acid groups (broad SMARTS) is 1. The highest BCUT2D eigenvalue weighted by Gasteiger charge is 2.34. The van der Waals surface area contributed by atoms with Crippen LogP contribution in [0.1, 0.15) is 33.6 Å². The van der Waals surface area contributed by atoms with E-state index < -0.39 is 11.2 Å². The van der Waals surface area contributed by atoms with Crippen LogP contribution in [0.5, 0.6) is 0 Å². The van der Waals surface area contributed by atoms with Crippen LogP contribution in [-0.4, -0.2) is 39.6 Å². The maximum absolute atomic E-state index is 12.0. The lowest BCUT2D eigenvalue weighted by Crippen LogP contribution is -2.31. The Kier molecular flexibility index (Phi) is 3.90. The second-order valence-electron chi connectivity index (χ2n) is 4.30. The van der Waals surface area contributed by atoms with Crippen molar-refractivity contribution in [2.24, 2.45) is 0 Å². The lowest BCUT2D eigenvalue weighted by atomic mass is 10.1. The normalized spacial score (nSPS) is 15.5. The molecule has 1 heterocycles. The van der Waals surface area contributed by atoms with Crippen LogP contribution in [0.3, 0.4) is 0 Å². The Morgan fingerprint density at radius 1 is 1.21 bits per heavy atom. The minimum atomic E-state index is -0.995. The number of benzene rings is 1. The zero-order valence-electron chi connectivity index (χ0n) is 10.1. The molecule has 0 saturated heterocycles. The van der Waals surface area contributed by atoms with E-state index in [0.29, 0.717) is 24.0 Å². The maximum atomic E-state index is 12.0. The monoisotopic (exact) mass is 279 g/mol. The molecule has 0 spiro atoms. The Morgan fingerprint density at radius 2 is 1.74 bits per heavy atom. The van der Waals surface area contributed by atoms with Crippen LogP contribution in [-0.2, 0) is 4.79 Å². The first kappa shape index (κ1) is 13.6. The number of fused-ring (bicyclic) bond motifs is 1. The number of amides is 2. The van der Waals surface area contributed by atoms with E-state index in [1.54, 1.807) is 24.3 Å². The first-order valence-electron chi connectivity index (χ1n) is 5.88. The van der Waals surface area contributed by atoms with E-state index in [0.717, 1.165) is 4.90 Å². The molecule has 0 aliphatic carbocycles. The molecule has 0 aromatic heterocycles. The zero-order valence-corrected chi connectivity index (χ0v) is 11.0. The van der Waals surface area contributed by atoms with Gasteiger partial charge in [-0.25, -0.2) is 0 Å². The van der Waals surface area contributed by atoms with Crippen molar-refractivity contribution in [2.75, 3.05) is 6.54 Å². The number of carbonyl (C=O) groups is 3. The third-order valence-corrected chi connectivity index (χ3v) is 3.50. The van der Waals surface area contributed by atoms with Gasteiger partial charge in [-0.1, -0.05) is 12.1 Å². The molecule has 0 unspecified atom stereocenters. The Balaban J connectivity index is 1.99. The van der Waals surface area contributed by atoms with E-state index >= 15 is 0 Å². The average molecular weight is 279 g/mol. The number of carbonyl (C=O) groups excluding carboxylic acids is 2. The molecule has 0 fully saturated rings. The summed E-state index contributed by atoms with van der Waals surface area (Å²) < 4.78 is 0. The standard InChI is InChI=1S/C13H13NO4S/c15-11-8-4-1-2-5-9(8)12(16)14(11)7-3-6-10(19)13(17)18/h1-2,4-5,10,19H,3,6-7H2,(H,17,18)/t10-/m0/s1. The summed E-state index contributed by atoms with van der Waals surface area (Å²) in [6.07, 6.45) is 0.734. The van der Waals surface area contributed by atoms with Gasteiger partial charge >= 0.3 is 5.97 Å². The van der Waals surface area contributed by atoms with E-state index in [-0.39, 0.29) is 18.4 Å². The Hall–Kier alpha value is -1.82. The minimum absolute atomic E-state index is 0.219. The van der Waals surface area contributed by atoms with Crippen LogP contribution in [0.4, 0.5) is 0 Å². The molecule has 1 aliphatic rings. The molecular weight excluding hydrogens is 266 g/mol. The molecule has 1 aromatic rings. The molecule has 0 radical (unpaired) electrons. The second-order valence-corrected chi connectivity index (χ2v) is 4.93. The molecule has 0 saturated carbocycles. The highest BCUT2D eigenvalue weighted by molar-refractivity contribution is 7.81. The van der Waals surface area contributed by atoms with E-state index in [4.69, 9.17) is 5.11 Å². The van der Waals surface area contributed by atoms with Gasteiger partial charge in [-0.15, -0.1) is 0 Å². The molecule has 1 aliphatic heterocycles. The largest absolute Gasteiger partial charge is 0.480 e. The number of carboxylic acids is 1. The Morgan fingerprint density at radius 3 is 2.21 bits per heavy atom. The molecule has 19 heavy (non-hydrogen) atoms. The van der Waals surface area contributed by atoms with Crippen molar-refractivity contribution in [3.63, 3.8) is 0 Å². The highest BCUT2D eigenvalue weighted by atomic mass is 32.1. The van der Waals surface area contributed by atoms with Gasteiger partial charge < -0.3 is 5.11 Å². The predicted octanol–water partition coefficient (Wildman–Crippen LogP) is 1.45. The van der Waals surface area contributed by atoms with Crippen LogP contribution in [0.2, 0.25) is 0 Å². The van der Waals surface area contributed by atoms with Crippen molar-refractivity contribution >= 4 is 30.4 Å². The Labute approximate surface area is 115 Å². The van der Waals surface area contributed by atoms with Crippen LogP contribution in [0, 0.1) is 0 Å². The van der Waals surface area contributed by atoms with Crippen LogP contribution in [0.15, 0.2) is 24.3 Å². The van der Waals surface area contributed by atoms with Gasteiger partial charge in [0, 0.05) is 6.54 Å². The van der Waals surface area contributed by atoms with Crippen LogP contribution in [0.25, 0.3) is 0 Å². The molecule has 5 nitrogen and oxygen atoms in total. The summed E-state index contributed by atoms with van der Waals surface area (Å²) in [5, 5.41) is 7.93. The van der Waals surface area contributed by atoms with Crippen LogP contribution < -0.4 is 0 Å². The fourth-order valence-corrected chi connectivity index (χ4v) is 2.19. The van der Waals surface area contributed by atoms with Crippen molar-refractivity contribution in [3.05, 3.63) is 35.4 Å². The number of aliphatic carboxylic acids is 1. The van der Waals surface area contributed by atoms with Crippen molar-refractivity contribution in [1.82, 2.24) is 4.90 Å². The number of hydrogen-bond acceptors (Lipinski definition) is 4. The van der Waals surface area contributed by atoms with E-state index in [9.17, 15) is 14.4 Å². The van der Waals surface area contributed by atoms with Gasteiger partial charge in [0.1, 0.15) is 0 Å². The fourth-order valence-electron chi connectivity index (χ4n) is 2.01. The molecule has 1 atom stereocenters. The van der Waals surface area contributed by atoms with E-state index in [2.05, 4.69) is 12.6 Å². The summed E-state index contributed by atoms with van der Waals surface area (Å²) in [7, 11) is 0. The van der Waals surface area contributed by atoms with Gasteiger partial charge in [0.05, 0.1) is 16.4 Å². The van der Waals surface area contributed by atoms with Gasteiger partial charge in [0.15, 0.2) is 0 Å². The van der Waals surface area contributed by atoms with Crippen molar-refractivity contribution in [1.29, 1.82) is 0 Å². The lowest BCUT2D eigenvalue weighted by Gasteiger charge is -2.14. The van der Waals surface area contributed by atoms with Crippen molar-refractivity contribution in [2.45, 2.75) is 18.1 Å². The predicted molar refractivity (Wildman–Crippen MR) is 71.5 cm³/mol. The summed E-state index contributed by atoms with van der Waals surface area (Å²) in [6, 6.07) is 6.66. The highest BCUT2D eigenvalue weighted by Crippen LogP contribution is 2.22. The van der Waals surface area contributed by atoms with E-state index in [1.165, 1.54) is 0 Å². The quantitative estimate of drug-likeness (QED) is 0.632. The molecule has 6 heteroatoms. The third-order valence-electron chi connectivity index (χ3n) is 3.02. The third kappa shape index (κ3) is 2.63. The minimum Gasteiger partial charge on any atom is -0.480 e. The van der Waals surface area contributed by atoms with Gasteiger partial charge in [0.25, 0.3) is 11.8 Å². The smallest absolute Gasteiger partial charge is 0.316 e. The molecule has 1 aromatic carbocycles. The summed E-state index contributed by atoms with van der Waals surface area (Å²) in [5.74, 6) is -1.62. The molecule has 0 bridgehead atoms. The molecular formula is C13H13NO4S. The number of nitrogens with zero attached hydrogens (tertiary/aromatic N) is 1. The second kappa shape index (κ2) is 5.44. The lowest BCUT2D eigenvalue weighted by molar-refractivity contribution is -0.136. The van der Waals surface area contributed by atoms with Gasteiger partial charge in [0.2, 0.25) is 0 Å². The number of hydrogen-bond donors (Lipinski definition) is 2. The topological polar surface area (TPSA) is 74.7 Å². The molecule has 2 amide bonds. The first-order chi connectivity index (χ1) is 9.02. The summed E-state index contributed by atoms with van der Waals surface area (Å²) in [6.45, 7) is 0.219. The fraction of sp³-hybridized carbons (Fsp3) is 0.308. The van der Waals surface area contributed by atoms with Gasteiger partial charge in [-0.3, -0.25) is 19.3 Å². The van der Waals surface area contributed by atoms with Crippen LogP contribution >= 0.6 is 12.6 Å². The SMILES string of the molecule is O=C(O)[C@@H](S)CCCN1C(=O)c2ccccc2C1=O. The number of thiol groups is 1. The summed E-state index contributed by atoms with van der Waals surface area (Å²) in [4.78, 5) is 35.7. The molecule has 1 N–H and O–H groups in total. The maximum Gasteiger partial charge on any atom is 0.316 e. The van der Waals surface area contributed by atoms with Crippen molar-refractivity contribution in [3.8, 4) is 0 Å². The number of imide groups is 1. The van der Waals surface area contributed by atoms with Crippen molar-refractivity contribution < 1.29 is 19.5 Å². The first-order valence-corrected chi connectivity index (χ1v) is 6.40. The zero-order chi connectivity index (χ0) is 14.0. The number of rotatable bonds is 5. The molecule has 2 rings (SSSR count).